The fourth-order valence-corrected chi connectivity index (χ4v) is 2.52. The van der Waals surface area contributed by atoms with Crippen LogP contribution in [0.4, 0.5) is 0 Å². The van der Waals surface area contributed by atoms with Crippen LogP contribution in [0, 0.1) is 5.92 Å². The van der Waals surface area contributed by atoms with Gasteiger partial charge in [0, 0.05) is 5.02 Å². The summed E-state index contributed by atoms with van der Waals surface area (Å²) in [4.78, 5) is 7.83. The molecule has 20 heavy (non-hydrogen) atoms. The summed E-state index contributed by atoms with van der Waals surface area (Å²) in [7, 11) is 0. The third-order valence-corrected chi connectivity index (χ3v) is 3.83. The molecule has 0 amide bonds. The molecule has 0 saturated carbocycles. The molecule has 2 N–H and O–H groups in total. The lowest BCUT2D eigenvalue weighted by molar-refractivity contribution is 0.454. The molecule has 0 radical (unpaired) electrons. The molecule has 3 nitrogen and oxygen atoms in total. The van der Waals surface area contributed by atoms with Gasteiger partial charge in [-0.1, -0.05) is 31.0 Å². The topological polar surface area (TPSA) is 40.7 Å². The number of H-pyrrole nitrogens is 1. The summed E-state index contributed by atoms with van der Waals surface area (Å²) < 4.78 is 0. The van der Waals surface area contributed by atoms with Gasteiger partial charge in [0.2, 0.25) is 0 Å². The molecule has 1 atom stereocenters. The number of aromatic nitrogens is 2. The number of hydrogen-bond donors (Lipinski definition) is 2. The average molecular weight is 292 g/mol. The molecular weight excluding hydrogens is 270 g/mol. The van der Waals surface area contributed by atoms with Gasteiger partial charge in [-0.3, -0.25) is 0 Å². The Hall–Kier alpha value is -1.32. The van der Waals surface area contributed by atoms with Gasteiger partial charge in [-0.25, -0.2) is 4.98 Å². The Bertz CT molecular complexity index is 562. The van der Waals surface area contributed by atoms with Gasteiger partial charge in [-0.15, -0.1) is 6.58 Å². The van der Waals surface area contributed by atoms with Gasteiger partial charge in [0.15, 0.2) is 0 Å². The lowest BCUT2D eigenvalue weighted by Gasteiger charge is -2.12. The Morgan fingerprint density at radius 2 is 2.35 bits per heavy atom. The van der Waals surface area contributed by atoms with Crippen molar-refractivity contribution < 1.29 is 0 Å². The van der Waals surface area contributed by atoms with E-state index in [1.807, 2.05) is 24.3 Å². The molecule has 0 bridgehead atoms. The Morgan fingerprint density at radius 3 is 3.10 bits per heavy atom. The summed E-state index contributed by atoms with van der Waals surface area (Å²) >= 11 is 5.96. The van der Waals surface area contributed by atoms with Gasteiger partial charge < -0.3 is 10.3 Å². The van der Waals surface area contributed by atoms with E-state index in [0.29, 0.717) is 0 Å². The maximum Gasteiger partial charge on any atom is 0.121 e. The van der Waals surface area contributed by atoms with Crippen molar-refractivity contribution in [1.29, 1.82) is 0 Å². The second kappa shape index (κ2) is 7.46. The summed E-state index contributed by atoms with van der Waals surface area (Å²) in [6.07, 6.45) is 5.49. The Morgan fingerprint density at radius 1 is 1.50 bits per heavy atom. The van der Waals surface area contributed by atoms with E-state index in [0.717, 1.165) is 47.3 Å². The summed E-state index contributed by atoms with van der Waals surface area (Å²) in [5.41, 5.74) is 1.96. The number of halogens is 1. The zero-order chi connectivity index (χ0) is 14.4. The second-order valence-corrected chi connectivity index (χ2v) is 5.55. The first-order valence-electron chi connectivity index (χ1n) is 7.18. The number of nitrogens with one attached hydrogen (secondary N) is 2. The van der Waals surface area contributed by atoms with Gasteiger partial charge in [0.1, 0.15) is 5.82 Å². The number of imidazole rings is 1. The summed E-state index contributed by atoms with van der Waals surface area (Å²) in [6, 6.07) is 5.72. The van der Waals surface area contributed by atoms with Gasteiger partial charge in [0.05, 0.1) is 17.6 Å². The standard InChI is InChI=1S/C16H22ClN3/c1-3-5-12(4-2)8-9-18-11-16-19-14-7-6-13(17)10-15(14)20-16/h3,6-7,10,12,18H,1,4-5,8-9,11H2,2H3,(H,19,20). The summed E-state index contributed by atoms with van der Waals surface area (Å²) in [5, 5.41) is 4.16. The number of allylic oxidation sites excluding steroid dienone is 1. The molecular formula is C16H22ClN3. The highest BCUT2D eigenvalue weighted by molar-refractivity contribution is 6.31. The highest BCUT2D eigenvalue weighted by Crippen LogP contribution is 2.17. The van der Waals surface area contributed by atoms with E-state index < -0.39 is 0 Å². The molecule has 108 valence electrons. The zero-order valence-electron chi connectivity index (χ0n) is 12.0. The monoisotopic (exact) mass is 291 g/mol. The third-order valence-electron chi connectivity index (χ3n) is 3.59. The fraction of sp³-hybridized carbons (Fsp3) is 0.438. The van der Waals surface area contributed by atoms with E-state index >= 15 is 0 Å². The van der Waals surface area contributed by atoms with Crippen LogP contribution in [0.3, 0.4) is 0 Å². The Kier molecular flexibility index (Phi) is 5.62. The second-order valence-electron chi connectivity index (χ2n) is 5.11. The van der Waals surface area contributed by atoms with Crippen LogP contribution in [-0.4, -0.2) is 16.5 Å². The quantitative estimate of drug-likeness (QED) is 0.562. The Balaban J connectivity index is 1.82. The number of nitrogens with zero attached hydrogens (tertiary/aromatic N) is 1. The van der Waals surface area contributed by atoms with Gasteiger partial charge in [-0.05, 0) is 43.5 Å². The van der Waals surface area contributed by atoms with E-state index in [4.69, 9.17) is 11.6 Å². The van der Waals surface area contributed by atoms with Crippen LogP contribution >= 0.6 is 11.6 Å². The number of aromatic amines is 1. The normalized spacial score (nSPS) is 12.7. The van der Waals surface area contributed by atoms with Crippen LogP contribution in [0.25, 0.3) is 11.0 Å². The molecule has 0 aliphatic rings. The van der Waals surface area contributed by atoms with Crippen LogP contribution in [0.1, 0.15) is 32.0 Å². The maximum atomic E-state index is 5.96. The largest absolute Gasteiger partial charge is 0.341 e. The molecule has 0 saturated heterocycles. The van der Waals surface area contributed by atoms with E-state index in [2.05, 4.69) is 28.8 Å². The number of benzene rings is 1. The zero-order valence-corrected chi connectivity index (χ0v) is 12.7. The minimum Gasteiger partial charge on any atom is -0.341 e. The van der Waals surface area contributed by atoms with Gasteiger partial charge >= 0.3 is 0 Å². The van der Waals surface area contributed by atoms with Crippen LogP contribution in [0.15, 0.2) is 30.9 Å². The van der Waals surface area contributed by atoms with Crippen molar-refractivity contribution in [3.8, 4) is 0 Å². The average Bonchev–Trinajstić information content (AvgIpc) is 2.84. The van der Waals surface area contributed by atoms with E-state index in [1.54, 1.807) is 0 Å². The van der Waals surface area contributed by atoms with Crippen molar-refractivity contribution in [3.63, 3.8) is 0 Å². The van der Waals surface area contributed by atoms with Crippen molar-refractivity contribution in [2.45, 2.75) is 32.7 Å². The molecule has 2 aromatic rings. The molecule has 2 rings (SSSR count). The molecule has 1 aromatic heterocycles. The van der Waals surface area contributed by atoms with Crippen molar-refractivity contribution in [2.75, 3.05) is 6.54 Å². The minimum atomic E-state index is 0.721. The summed E-state index contributed by atoms with van der Waals surface area (Å²) in [5.74, 6) is 1.69. The third kappa shape index (κ3) is 4.09. The Labute approximate surface area is 125 Å². The molecule has 0 aliphatic heterocycles. The molecule has 0 spiro atoms. The fourth-order valence-electron chi connectivity index (χ4n) is 2.35. The highest BCUT2D eigenvalue weighted by atomic mass is 35.5. The SMILES string of the molecule is C=CCC(CC)CCNCc1nc2cc(Cl)ccc2[nH]1. The number of rotatable bonds is 8. The molecule has 1 unspecified atom stereocenters. The van der Waals surface area contributed by atoms with Crippen LogP contribution < -0.4 is 5.32 Å². The van der Waals surface area contributed by atoms with Crippen molar-refractivity contribution in [3.05, 3.63) is 41.7 Å². The first-order chi connectivity index (χ1) is 9.72. The number of fused-ring (bicyclic) bond motifs is 1. The van der Waals surface area contributed by atoms with Crippen molar-refractivity contribution >= 4 is 22.6 Å². The maximum absolute atomic E-state index is 5.96. The minimum absolute atomic E-state index is 0.721. The lowest BCUT2D eigenvalue weighted by Crippen LogP contribution is -2.18. The van der Waals surface area contributed by atoms with Gasteiger partial charge in [0.25, 0.3) is 0 Å². The first-order valence-corrected chi connectivity index (χ1v) is 7.56. The van der Waals surface area contributed by atoms with Crippen molar-refractivity contribution in [1.82, 2.24) is 15.3 Å². The molecule has 4 heteroatoms. The molecule has 1 aromatic carbocycles. The van der Waals surface area contributed by atoms with Crippen LogP contribution in [0.2, 0.25) is 5.02 Å². The number of hydrogen-bond acceptors (Lipinski definition) is 2. The van der Waals surface area contributed by atoms with Crippen molar-refractivity contribution in [2.24, 2.45) is 5.92 Å². The predicted octanol–water partition coefficient (Wildman–Crippen LogP) is 4.30. The predicted molar refractivity (Wildman–Crippen MR) is 86.0 cm³/mol. The van der Waals surface area contributed by atoms with E-state index in [-0.39, 0.29) is 0 Å². The van der Waals surface area contributed by atoms with E-state index in [9.17, 15) is 0 Å². The molecule has 0 fully saturated rings. The van der Waals surface area contributed by atoms with Gasteiger partial charge in [-0.2, -0.15) is 0 Å². The molecule has 0 aliphatic carbocycles. The smallest absolute Gasteiger partial charge is 0.121 e. The first kappa shape index (κ1) is 15.1. The van der Waals surface area contributed by atoms with Crippen LogP contribution in [-0.2, 0) is 6.54 Å². The molecule has 1 heterocycles. The lowest BCUT2D eigenvalue weighted by atomic mass is 9.99. The van der Waals surface area contributed by atoms with E-state index in [1.165, 1.54) is 12.8 Å². The summed E-state index contributed by atoms with van der Waals surface area (Å²) in [6.45, 7) is 7.81. The highest BCUT2D eigenvalue weighted by Gasteiger charge is 2.05. The van der Waals surface area contributed by atoms with Crippen LogP contribution in [0.5, 0.6) is 0 Å².